The van der Waals surface area contributed by atoms with Crippen LogP contribution in [0.1, 0.15) is 25.5 Å². The highest BCUT2D eigenvalue weighted by Gasteiger charge is 2.33. The van der Waals surface area contributed by atoms with Crippen LogP contribution in [0.3, 0.4) is 0 Å². The van der Waals surface area contributed by atoms with Gasteiger partial charge in [0.05, 0.1) is 6.20 Å². The first-order chi connectivity index (χ1) is 6.20. The minimum atomic E-state index is 0.0637. The number of hydrogen-bond acceptors (Lipinski definition) is 3. The Balaban J connectivity index is 2.30. The molecular formula is C9H12N2O2. The van der Waals surface area contributed by atoms with E-state index in [0.29, 0.717) is 11.8 Å². The van der Waals surface area contributed by atoms with E-state index in [-0.39, 0.29) is 5.91 Å². The van der Waals surface area contributed by atoms with Crippen molar-refractivity contribution in [2.75, 3.05) is 4.90 Å². The fraction of sp³-hybridized carbons (Fsp3) is 0.556. The highest BCUT2D eigenvalue weighted by atomic mass is 16.5. The van der Waals surface area contributed by atoms with Crippen molar-refractivity contribution < 1.29 is 9.32 Å². The summed E-state index contributed by atoms with van der Waals surface area (Å²) >= 11 is 0. The van der Waals surface area contributed by atoms with Crippen LogP contribution in [-0.2, 0) is 4.79 Å². The molecule has 4 nitrogen and oxygen atoms in total. The Morgan fingerprint density at radius 2 is 2.38 bits per heavy atom. The van der Waals surface area contributed by atoms with Crippen LogP contribution < -0.4 is 4.90 Å². The molecule has 2 rings (SSSR count). The fourth-order valence-corrected chi connectivity index (χ4v) is 1.48. The number of nitrogens with zero attached hydrogens (tertiary/aromatic N) is 2. The van der Waals surface area contributed by atoms with E-state index < -0.39 is 0 Å². The molecular weight excluding hydrogens is 168 g/mol. The van der Waals surface area contributed by atoms with Crippen LogP contribution in [0.15, 0.2) is 10.7 Å². The second kappa shape index (κ2) is 2.87. The molecule has 4 heteroatoms. The zero-order valence-corrected chi connectivity index (χ0v) is 7.78. The number of aromatic nitrogens is 1. The van der Waals surface area contributed by atoms with Crippen LogP contribution in [0, 0.1) is 6.92 Å². The Kier molecular flexibility index (Phi) is 1.83. The molecule has 0 spiro atoms. The second-order valence-corrected chi connectivity index (χ2v) is 3.39. The third kappa shape index (κ3) is 1.43. The minimum Gasteiger partial charge on any atom is -0.359 e. The molecule has 0 atom stereocenters. The number of hydrogen-bond donors (Lipinski definition) is 0. The van der Waals surface area contributed by atoms with E-state index in [9.17, 15) is 4.79 Å². The summed E-state index contributed by atoms with van der Waals surface area (Å²) in [6.45, 7) is 3.39. The molecule has 0 aliphatic heterocycles. The van der Waals surface area contributed by atoms with E-state index >= 15 is 0 Å². The molecule has 0 N–H and O–H groups in total. The summed E-state index contributed by atoms with van der Waals surface area (Å²) in [5.41, 5.74) is 0.815. The van der Waals surface area contributed by atoms with E-state index in [0.717, 1.165) is 18.5 Å². The van der Waals surface area contributed by atoms with Crippen molar-refractivity contribution in [2.24, 2.45) is 0 Å². The van der Waals surface area contributed by atoms with Gasteiger partial charge in [0, 0.05) is 13.0 Å². The Labute approximate surface area is 76.5 Å². The molecule has 70 valence electrons. The molecule has 0 saturated heterocycles. The van der Waals surface area contributed by atoms with Gasteiger partial charge in [-0.2, -0.15) is 0 Å². The number of aryl methyl sites for hydroxylation is 1. The standard InChI is InChI=1S/C9H12N2O2/c1-6-9(5-10-13-6)11(7(2)12)8-3-4-8/h5,8H,3-4H2,1-2H3. The smallest absolute Gasteiger partial charge is 0.224 e. The van der Waals surface area contributed by atoms with Crippen LogP contribution in [0.4, 0.5) is 5.69 Å². The normalized spacial score (nSPS) is 15.8. The summed E-state index contributed by atoms with van der Waals surface area (Å²) in [7, 11) is 0. The van der Waals surface area contributed by atoms with Gasteiger partial charge in [0.2, 0.25) is 5.91 Å². The van der Waals surface area contributed by atoms with Crippen LogP contribution in [-0.4, -0.2) is 17.1 Å². The average molecular weight is 180 g/mol. The van der Waals surface area contributed by atoms with Crippen molar-refractivity contribution in [3.63, 3.8) is 0 Å². The van der Waals surface area contributed by atoms with Gasteiger partial charge >= 0.3 is 0 Å². The first kappa shape index (κ1) is 8.29. The zero-order valence-electron chi connectivity index (χ0n) is 7.78. The SMILES string of the molecule is CC(=O)N(c1cnoc1C)C1CC1. The maximum atomic E-state index is 11.3. The molecule has 0 aromatic carbocycles. The molecule has 1 aromatic heterocycles. The van der Waals surface area contributed by atoms with Gasteiger partial charge in [-0.25, -0.2) is 0 Å². The van der Waals surface area contributed by atoms with E-state index in [1.807, 2.05) is 6.92 Å². The lowest BCUT2D eigenvalue weighted by Gasteiger charge is -2.18. The van der Waals surface area contributed by atoms with Crippen molar-refractivity contribution in [3.8, 4) is 0 Å². The van der Waals surface area contributed by atoms with Gasteiger partial charge in [-0.05, 0) is 19.8 Å². The van der Waals surface area contributed by atoms with E-state index in [1.165, 1.54) is 0 Å². The highest BCUT2D eigenvalue weighted by molar-refractivity contribution is 5.92. The third-order valence-electron chi connectivity index (χ3n) is 2.24. The zero-order chi connectivity index (χ0) is 9.42. The number of anilines is 1. The number of amides is 1. The molecule has 13 heavy (non-hydrogen) atoms. The van der Waals surface area contributed by atoms with Gasteiger partial charge in [-0.1, -0.05) is 5.16 Å². The largest absolute Gasteiger partial charge is 0.359 e. The van der Waals surface area contributed by atoms with Gasteiger partial charge < -0.3 is 9.42 Å². The lowest BCUT2D eigenvalue weighted by atomic mass is 10.3. The lowest BCUT2D eigenvalue weighted by molar-refractivity contribution is -0.116. The Bertz CT molecular complexity index is 328. The Hall–Kier alpha value is -1.32. The van der Waals surface area contributed by atoms with Crippen LogP contribution in [0.25, 0.3) is 0 Å². The van der Waals surface area contributed by atoms with Crippen molar-refractivity contribution in [3.05, 3.63) is 12.0 Å². The molecule has 0 bridgehead atoms. The first-order valence-electron chi connectivity index (χ1n) is 4.41. The molecule has 1 fully saturated rings. The van der Waals surface area contributed by atoms with Gasteiger partial charge in [0.1, 0.15) is 5.69 Å². The molecule has 1 saturated carbocycles. The van der Waals surface area contributed by atoms with E-state index in [4.69, 9.17) is 4.52 Å². The molecule has 1 aliphatic carbocycles. The van der Waals surface area contributed by atoms with E-state index in [2.05, 4.69) is 5.16 Å². The maximum absolute atomic E-state index is 11.3. The van der Waals surface area contributed by atoms with Gasteiger partial charge in [-0.3, -0.25) is 4.79 Å². The summed E-state index contributed by atoms with van der Waals surface area (Å²) < 4.78 is 4.93. The molecule has 1 amide bonds. The predicted molar refractivity (Wildman–Crippen MR) is 47.4 cm³/mol. The minimum absolute atomic E-state index is 0.0637. The number of rotatable bonds is 2. The quantitative estimate of drug-likeness (QED) is 0.692. The van der Waals surface area contributed by atoms with Crippen LogP contribution in [0.2, 0.25) is 0 Å². The van der Waals surface area contributed by atoms with Crippen LogP contribution in [0.5, 0.6) is 0 Å². The topological polar surface area (TPSA) is 46.3 Å². The molecule has 1 aromatic rings. The van der Waals surface area contributed by atoms with Gasteiger partial charge in [0.25, 0.3) is 0 Å². The number of carbonyl (C=O) groups excluding carboxylic acids is 1. The summed E-state index contributed by atoms with van der Waals surface area (Å²) in [4.78, 5) is 13.1. The van der Waals surface area contributed by atoms with Crippen molar-refractivity contribution in [1.29, 1.82) is 0 Å². The first-order valence-corrected chi connectivity index (χ1v) is 4.41. The lowest BCUT2D eigenvalue weighted by Crippen LogP contribution is -2.30. The third-order valence-corrected chi connectivity index (χ3v) is 2.24. The number of carbonyl (C=O) groups is 1. The second-order valence-electron chi connectivity index (χ2n) is 3.39. The maximum Gasteiger partial charge on any atom is 0.224 e. The molecule has 1 heterocycles. The molecule has 0 unspecified atom stereocenters. The van der Waals surface area contributed by atoms with E-state index in [1.54, 1.807) is 18.0 Å². The molecule has 0 radical (unpaired) electrons. The summed E-state index contributed by atoms with van der Waals surface area (Å²) in [5.74, 6) is 0.774. The Morgan fingerprint density at radius 1 is 1.69 bits per heavy atom. The van der Waals surface area contributed by atoms with Crippen molar-refractivity contribution >= 4 is 11.6 Å². The van der Waals surface area contributed by atoms with Crippen LogP contribution >= 0.6 is 0 Å². The van der Waals surface area contributed by atoms with Gasteiger partial charge in [0.15, 0.2) is 5.76 Å². The predicted octanol–water partition coefficient (Wildman–Crippen LogP) is 1.50. The highest BCUT2D eigenvalue weighted by Crippen LogP contribution is 2.33. The Morgan fingerprint density at radius 3 is 2.77 bits per heavy atom. The summed E-state index contributed by atoms with van der Waals surface area (Å²) in [6.07, 6.45) is 3.78. The summed E-state index contributed by atoms with van der Waals surface area (Å²) in [6, 6.07) is 0.371. The fourth-order valence-electron chi connectivity index (χ4n) is 1.48. The monoisotopic (exact) mass is 180 g/mol. The van der Waals surface area contributed by atoms with Crippen molar-refractivity contribution in [2.45, 2.75) is 32.7 Å². The summed E-state index contributed by atoms with van der Waals surface area (Å²) in [5, 5.41) is 3.67. The molecule has 1 aliphatic rings. The van der Waals surface area contributed by atoms with Crippen molar-refractivity contribution in [1.82, 2.24) is 5.16 Å². The van der Waals surface area contributed by atoms with Gasteiger partial charge in [-0.15, -0.1) is 0 Å². The average Bonchev–Trinajstić information content (AvgIpc) is 2.78.